The van der Waals surface area contributed by atoms with E-state index in [4.69, 9.17) is 0 Å². The van der Waals surface area contributed by atoms with Crippen LogP contribution in [0, 0.1) is 0 Å². The molecule has 4 nitrogen and oxygen atoms in total. The van der Waals surface area contributed by atoms with Crippen molar-refractivity contribution in [1.29, 1.82) is 0 Å². The topological polar surface area (TPSA) is 54.0 Å². The van der Waals surface area contributed by atoms with Gasteiger partial charge in [0.05, 0.1) is 5.52 Å². The van der Waals surface area contributed by atoms with Gasteiger partial charge in [0.15, 0.2) is 0 Å². The highest BCUT2D eigenvalue weighted by molar-refractivity contribution is 6.05. The van der Waals surface area contributed by atoms with E-state index in [0.717, 1.165) is 22.3 Å². The molecule has 0 bridgehead atoms. The Balaban J connectivity index is 1.81. The maximum absolute atomic E-state index is 12.2. The molecule has 2 N–H and O–H groups in total. The van der Waals surface area contributed by atoms with Gasteiger partial charge in [-0.1, -0.05) is 6.07 Å². The summed E-state index contributed by atoms with van der Waals surface area (Å²) in [5.41, 5.74) is 3.27. The lowest BCUT2D eigenvalue weighted by molar-refractivity contribution is 0.102. The number of amides is 1. The van der Waals surface area contributed by atoms with Crippen LogP contribution in [-0.2, 0) is 0 Å². The van der Waals surface area contributed by atoms with Crippen LogP contribution in [0.3, 0.4) is 0 Å². The number of nitrogens with one attached hydrogen (secondary N) is 2. The first kappa shape index (κ1) is 13.1. The number of anilines is 2. The van der Waals surface area contributed by atoms with Crippen LogP contribution >= 0.6 is 0 Å². The average Bonchev–Trinajstić information content (AvgIpc) is 2.55. The van der Waals surface area contributed by atoms with Gasteiger partial charge < -0.3 is 10.6 Å². The van der Waals surface area contributed by atoms with Crippen molar-refractivity contribution in [3.05, 3.63) is 66.4 Å². The fourth-order valence-electron chi connectivity index (χ4n) is 2.14. The third kappa shape index (κ3) is 2.84. The summed E-state index contributed by atoms with van der Waals surface area (Å²) >= 11 is 0. The molecule has 1 amide bonds. The molecular formula is C17H15N3O. The minimum Gasteiger partial charge on any atom is -0.388 e. The van der Waals surface area contributed by atoms with Crippen LogP contribution in [0.2, 0.25) is 0 Å². The van der Waals surface area contributed by atoms with Crippen molar-refractivity contribution in [2.45, 2.75) is 0 Å². The standard InChI is InChI=1S/C17H15N3O/c1-18-14-6-4-12(5-7-14)17(21)20-15-8-9-16-13(11-15)3-2-10-19-16/h2-11,18H,1H3,(H,20,21). The van der Waals surface area contributed by atoms with E-state index in [0.29, 0.717) is 5.56 Å². The van der Waals surface area contributed by atoms with Crippen molar-refractivity contribution in [3.63, 3.8) is 0 Å². The Hall–Kier alpha value is -2.88. The Kier molecular flexibility index (Phi) is 3.51. The smallest absolute Gasteiger partial charge is 0.255 e. The van der Waals surface area contributed by atoms with Crippen LogP contribution < -0.4 is 10.6 Å². The van der Waals surface area contributed by atoms with Crippen molar-refractivity contribution in [1.82, 2.24) is 4.98 Å². The second kappa shape index (κ2) is 5.63. The molecule has 0 fully saturated rings. The highest BCUT2D eigenvalue weighted by Crippen LogP contribution is 2.18. The number of hydrogen-bond acceptors (Lipinski definition) is 3. The molecule has 1 aromatic heterocycles. The summed E-state index contributed by atoms with van der Waals surface area (Å²) in [5.74, 6) is -0.124. The summed E-state index contributed by atoms with van der Waals surface area (Å²) in [7, 11) is 1.85. The lowest BCUT2D eigenvalue weighted by Crippen LogP contribution is -2.11. The molecule has 4 heteroatoms. The van der Waals surface area contributed by atoms with E-state index in [2.05, 4.69) is 15.6 Å². The minimum atomic E-state index is -0.124. The van der Waals surface area contributed by atoms with E-state index in [9.17, 15) is 4.79 Å². The van der Waals surface area contributed by atoms with Gasteiger partial charge in [0.25, 0.3) is 5.91 Å². The molecule has 0 aliphatic heterocycles. The van der Waals surface area contributed by atoms with Gasteiger partial charge in [0.2, 0.25) is 0 Å². The number of aromatic nitrogens is 1. The first-order valence-electron chi connectivity index (χ1n) is 6.70. The Morgan fingerprint density at radius 2 is 1.76 bits per heavy atom. The predicted octanol–water partition coefficient (Wildman–Crippen LogP) is 3.53. The molecule has 0 aliphatic carbocycles. The van der Waals surface area contributed by atoms with E-state index < -0.39 is 0 Å². The third-order valence-electron chi connectivity index (χ3n) is 3.30. The fourth-order valence-corrected chi connectivity index (χ4v) is 2.14. The van der Waals surface area contributed by atoms with E-state index in [1.54, 1.807) is 18.3 Å². The minimum absolute atomic E-state index is 0.124. The normalized spacial score (nSPS) is 10.3. The first-order valence-corrected chi connectivity index (χ1v) is 6.70. The first-order chi connectivity index (χ1) is 10.3. The van der Waals surface area contributed by atoms with Crippen molar-refractivity contribution < 1.29 is 4.79 Å². The highest BCUT2D eigenvalue weighted by Gasteiger charge is 2.06. The summed E-state index contributed by atoms with van der Waals surface area (Å²) < 4.78 is 0. The molecule has 2 aromatic carbocycles. The van der Waals surface area contributed by atoms with E-state index >= 15 is 0 Å². The number of fused-ring (bicyclic) bond motifs is 1. The van der Waals surface area contributed by atoms with Gasteiger partial charge in [-0.25, -0.2) is 0 Å². The number of pyridine rings is 1. The molecule has 104 valence electrons. The largest absolute Gasteiger partial charge is 0.388 e. The zero-order valence-electron chi connectivity index (χ0n) is 11.6. The van der Waals surface area contributed by atoms with Gasteiger partial charge in [0.1, 0.15) is 0 Å². The molecule has 0 spiro atoms. The third-order valence-corrected chi connectivity index (χ3v) is 3.30. The molecule has 0 saturated heterocycles. The summed E-state index contributed by atoms with van der Waals surface area (Å²) in [5, 5.41) is 6.93. The Morgan fingerprint density at radius 3 is 2.52 bits per heavy atom. The lowest BCUT2D eigenvalue weighted by atomic mass is 10.1. The summed E-state index contributed by atoms with van der Waals surface area (Å²) in [6.45, 7) is 0. The van der Waals surface area contributed by atoms with Crippen LogP contribution in [0.4, 0.5) is 11.4 Å². The van der Waals surface area contributed by atoms with Crippen LogP contribution in [0.1, 0.15) is 10.4 Å². The lowest BCUT2D eigenvalue weighted by Gasteiger charge is -2.07. The van der Waals surface area contributed by atoms with E-state index in [1.807, 2.05) is 49.5 Å². The number of hydrogen-bond donors (Lipinski definition) is 2. The van der Waals surface area contributed by atoms with E-state index in [-0.39, 0.29) is 5.91 Å². The molecule has 3 rings (SSSR count). The van der Waals surface area contributed by atoms with Crippen LogP contribution in [0.25, 0.3) is 10.9 Å². The SMILES string of the molecule is CNc1ccc(C(=O)Nc2ccc3ncccc3c2)cc1. The number of carbonyl (C=O) groups is 1. The molecule has 3 aromatic rings. The number of carbonyl (C=O) groups excluding carboxylic acids is 1. The molecule has 0 radical (unpaired) electrons. The van der Waals surface area contributed by atoms with Crippen molar-refractivity contribution in [2.75, 3.05) is 17.7 Å². The summed E-state index contributed by atoms with van der Waals surface area (Å²) in [4.78, 5) is 16.5. The van der Waals surface area contributed by atoms with Crippen LogP contribution in [0.15, 0.2) is 60.8 Å². The summed E-state index contributed by atoms with van der Waals surface area (Å²) in [6.07, 6.45) is 1.75. The zero-order valence-corrected chi connectivity index (χ0v) is 11.6. The maximum atomic E-state index is 12.2. The van der Waals surface area contributed by atoms with E-state index in [1.165, 1.54) is 0 Å². The van der Waals surface area contributed by atoms with Gasteiger partial charge in [-0.05, 0) is 48.5 Å². The number of nitrogens with zero attached hydrogens (tertiary/aromatic N) is 1. The number of benzene rings is 2. The molecule has 0 saturated carbocycles. The molecule has 0 atom stereocenters. The van der Waals surface area contributed by atoms with Crippen LogP contribution in [-0.4, -0.2) is 17.9 Å². The second-order valence-corrected chi connectivity index (χ2v) is 4.69. The number of rotatable bonds is 3. The van der Waals surface area contributed by atoms with Gasteiger partial charge in [-0.15, -0.1) is 0 Å². The zero-order chi connectivity index (χ0) is 14.7. The van der Waals surface area contributed by atoms with Gasteiger partial charge >= 0.3 is 0 Å². The van der Waals surface area contributed by atoms with Crippen molar-refractivity contribution in [3.8, 4) is 0 Å². The van der Waals surface area contributed by atoms with Gasteiger partial charge in [0, 0.05) is 35.6 Å². The molecule has 1 heterocycles. The molecular weight excluding hydrogens is 262 g/mol. The maximum Gasteiger partial charge on any atom is 0.255 e. The summed E-state index contributed by atoms with van der Waals surface area (Å²) in [6, 6.07) is 16.9. The average molecular weight is 277 g/mol. The Labute approximate surface area is 122 Å². The monoisotopic (exact) mass is 277 g/mol. The highest BCUT2D eigenvalue weighted by atomic mass is 16.1. The predicted molar refractivity (Wildman–Crippen MR) is 85.7 cm³/mol. The molecule has 0 unspecified atom stereocenters. The van der Waals surface area contributed by atoms with Crippen molar-refractivity contribution >= 4 is 28.2 Å². The van der Waals surface area contributed by atoms with Crippen molar-refractivity contribution in [2.24, 2.45) is 0 Å². The van der Waals surface area contributed by atoms with Gasteiger partial charge in [-0.2, -0.15) is 0 Å². The quantitative estimate of drug-likeness (QED) is 0.770. The Bertz CT molecular complexity index is 781. The van der Waals surface area contributed by atoms with Crippen LogP contribution in [0.5, 0.6) is 0 Å². The fraction of sp³-hybridized carbons (Fsp3) is 0.0588. The second-order valence-electron chi connectivity index (χ2n) is 4.69. The Morgan fingerprint density at radius 1 is 1.00 bits per heavy atom. The molecule has 21 heavy (non-hydrogen) atoms. The molecule has 0 aliphatic rings. The van der Waals surface area contributed by atoms with Gasteiger partial charge in [-0.3, -0.25) is 9.78 Å².